The summed E-state index contributed by atoms with van der Waals surface area (Å²) in [6.45, 7) is 5.30. The monoisotopic (exact) mass is 268 g/mol. The molecule has 1 saturated heterocycles. The lowest BCUT2D eigenvalue weighted by Gasteiger charge is -2.35. The first kappa shape index (κ1) is 14.3. The van der Waals surface area contributed by atoms with Crippen LogP contribution >= 0.6 is 0 Å². The van der Waals surface area contributed by atoms with Crippen molar-refractivity contribution in [2.75, 3.05) is 19.7 Å². The number of rotatable bonds is 3. The first-order chi connectivity index (χ1) is 9.08. The lowest BCUT2D eigenvalue weighted by Crippen LogP contribution is -2.55. The molecule has 0 radical (unpaired) electrons. The highest BCUT2D eigenvalue weighted by molar-refractivity contribution is 5.87. The summed E-state index contributed by atoms with van der Waals surface area (Å²) in [7, 11) is 0. The van der Waals surface area contributed by atoms with Gasteiger partial charge < -0.3 is 15.0 Å². The van der Waals surface area contributed by atoms with E-state index in [0.717, 1.165) is 25.7 Å². The van der Waals surface area contributed by atoms with Crippen LogP contribution in [0, 0.1) is 5.92 Å². The summed E-state index contributed by atoms with van der Waals surface area (Å²) in [6, 6.07) is -0.342. The molecular formula is C14H24N2O3. The molecule has 1 aliphatic carbocycles. The molecule has 2 rings (SSSR count). The molecule has 2 aliphatic rings. The van der Waals surface area contributed by atoms with Crippen LogP contribution in [0.25, 0.3) is 0 Å². The number of nitrogens with zero attached hydrogens (tertiary/aromatic N) is 1. The Balaban J connectivity index is 2.03. The predicted octanol–water partition coefficient (Wildman–Crippen LogP) is 0.929. The van der Waals surface area contributed by atoms with E-state index in [-0.39, 0.29) is 24.0 Å². The molecule has 5 heteroatoms. The van der Waals surface area contributed by atoms with Crippen molar-refractivity contribution in [2.24, 2.45) is 5.92 Å². The fourth-order valence-electron chi connectivity index (χ4n) is 3.11. The van der Waals surface area contributed by atoms with E-state index in [4.69, 9.17) is 4.74 Å². The average Bonchev–Trinajstić information content (AvgIpc) is 2.88. The van der Waals surface area contributed by atoms with E-state index < -0.39 is 0 Å². The van der Waals surface area contributed by atoms with Gasteiger partial charge in [-0.2, -0.15) is 0 Å². The SMILES string of the molecule is CC(=O)NC(C(=O)N1CCOC(C)C1)C1CCCC1. The van der Waals surface area contributed by atoms with Gasteiger partial charge in [-0.3, -0.25) is 9.59 Å². The first-order valence-corrected chi connectivity index (χ1v) is 7.25. The number of nitrogens with one attached hydrogen (secondary N) is 1. The standard InChI is InChI=1S/C14H24N2O3/c1-10-9-16(7-8-19-10)14(18)13(15-11(2)17)12-5-3-4-6-12/h10,12-13H,3-9H2,1-2H3,(H,15,17). The van der Waals surface area contributed by atoms with Gasteiger partial charge in [0.05, 0.1) is 12.7 Å². The Kier molecular flexibility index (Phi) is 4.80. The molecule has 2 fully saturated rings. The summed E-state index contributed by atoms with van der Waals surface area (Å²) in [5.41, 5.74) is 0. The van der Waals surface area contributed by atoms with E-state index in [2.05, 4.69) is 5.32 Å². The average molecular weight is 268 g/mol. The minimum Gasteiger partial charge on any atom is -0.375 e. The number of hydrogen-bond donors (Lipinski definition) is 1. The number of morpholine rings is 1. The van der Waals surface area contributed by atoms with Crippen LogP contribution in [0.15, 0.2) is 0 Å². The third-order valence-corrected chi connectivity index (χ3v) is 4.05. The van der Waals surface area contributed by atoms with Gasteiger partial charge in [0.25, 0.3) is 0 Å². The fraction of sp³-hybridized carbons (Fsp3) is 0.857. The third-order valence-electron chi connectivity index (χ3n) is 4.05. The lowest BCUT2D eigenvalue weighted by molar-refractivity contribution is -0.143. The van der Waals surface area contributed by atoms with Crippen LogP contribution in [0.4, 0.5) is 0 Å². The van der Waals surface area contributed by atoms with Crippen molar-refractivity contribution >= 4 is 11.8 Å². The van der Waals surface area contributed by atoms with E-state index >= 15 is 0 Å². The molecule has 0 aromatic carbocycles. The molecule has 0 aromatic rings. The summed E-state index contributed by atoms with van der Waals surface area (Å²) < 4.78 is 5.46. The molecule has 1 heterocycles. The summed E-state index contributed by atoms with van der Waals surface area (Å²) in [5.74, 6) is 0.248. The largest absolute Gasteiger partial charge is 0.375 e. The van der Waals surface area contributed by atoms with E-state index in [1.165, 1.54) is 6.92 Å². The number of ether oxygens (including phenoxy) is 1. The number of hydrogen-bond acceptors (Lipinski definition) is 3. The summed E-state index contributed by atoms with van der Waals surface area (Å²) in [4.78, 5) is 25.8. The topological polar surface area (TPSA) is 58.6 Å². The molecule has 5 nitrogen and oxygen atoms in total. The molecule has 1 aliphatic heterocycles. The smallest absolute Gasteiger partial charge is 0.245 e. The van der Waals surface area contributed by atoms with Crippen LogP contribution in [0.3, 0.4) is 0 Å². The van der Waals surface area contributed by atoms with Crippen LogP contribution in [-0.4, -0.2) is 48.6 Å². The second-order valence-electron chi connectivity index (χ2n) is 5.69. The molecule has 2 amide bonds. The Morgan fingerprint density at radius 1 is 1.32 bits per heavy atom. The van der Waals surface area contributed by atoms with E-state index in [9.17, 15) is 9.59 Å². The lowest BCUT2D eigenvalue weighted by atomic mass is 9.96. The molecule has 0 spiro atoms. The minimum atomic E-state index is -0.342. The van der Waals surface area contributed by atoms with Crippen LogP contribution in [0.1, 0.15) is 39.5 Å². The molecule has 0 bridgehead atoms. The van der Waals surface area contributed by atoms with Gasteiger partial charge in [-0.1, -0.05) is 12.8 Å². The summed E-state index contributed by atoms with van der Waals surface area (Å²) in [5, 5.41) is 2.86. The Morgan fingerprint density at radius 2 is 2.00 bits per heavy atom. The summed E-state index contributed by atoms with van der Waals surface area (Å²) in [6.07, 6.45) is 4.48. The van der Waals surface area contributed by atoms with Gasteiger partial charge in [0.2, 0.25) is 11.8 Å². The molecule has 1 saturated carbocycles. The van der Waals surface area contributed by atoms with Gasteiger partial charge in [0.1, 0.15) is 6.04 Å². The van der Waals surface area contributed by atoms with E-state index in [0.29, 0.717) is 25.6 Å². The maximum Gasteiger partial charge on any atom is 0.245 e. The fourth-order valence-corrected chi connectivity index (χ4v) is 3.11. The van der Waals surface area contributed by atoms with E-state index in [1.54, 1.807) is 0 Å². The predicted molar refractivity (Wildman–Crippen MR) is 71.6 cm³/mol. The van der Waals surface area contributed by atoms with Gasteiger partial charge in [-0.05, 0) is 25.7 Å². The molecule has 19 heavy (non-hydrogen) atoms. The first-order valence-electron chi connectivity index (χ1n) is 7.25. The molecule has 2 atom stereocenters. The zero-order chi connectivity index (χ0) is 13.8. The van der Waals surface area contributed by atoms with Gasteiger partial charge in [0.15, 0.2) is 0 Å². The number of amides is 2. The van der Waals surface area contributed by atoms with Crippen LogP contribution in [-0.2, 0) is 14.3 Å². The molecule has 1 N–H and O–H groups in total. The van der Waals surface area contributed by atoms with Crippen LogP contribution < -0.4 is 5.32 Å². The van der Waals surface area contributed by atoms with Gasteiger partial charge in [-0.15, -0.1) is 0 Å². The minimum absolute atomic E-state index is 0.0669. The molecule has 2 unspecified atom stereocenters. The van der Waals surface area contributed by atoms with Gasteiger partial charge >= 0.3 is 0 Å². The highest BCUT2D eigenvalue weighted by Gasteiger charge is 2.35. The Morgan fingerprint density at radius 3 is 2.58 bits per heavy atom. The van der Waals surface area contributed by atoms with Gasteiger partial charge in [0, 0.05) is 20.0 Å². The third kappa shape index (κ3) is 3.69. The summed E-state index contributed by atoms with van der Waals surface area (Å²) >= 11 is 0. The zero-order valence-corrected chi connectivity index (χ0v) is 11.9. The van der Waals surface area contributed by atoms with E-state index in [1.807, 2.05) is 11.8 Å². The molecular weight excluding hydrogens is 244 g/mol. The highest BCUT2D eigenvalue weighted by atomic mass is 16.5. The maximum atomic E-state index is 12.6. The Hall–Kier alpha value is -1.10. The number of carbonyl (C=O) groups is 2. The van der Waals surface area contributed by atoms with Crippen molar-refractivity contribution in [2.45, 2.75) is 51.7 Å². The second-order valence-corrected chi connectivity index (χ2v) is 5.69. The van der Waals surface area contributed by atoms with Crippen molar-refractivity contribution < 1.29 is 14.3 Å². The van der Waals surface area contributed by atoms with Crippen LogP contribution in [0.2, 0.25) is 0 Å². The van der Waals surface area contributed by atoms with Crippen molar-refractivity contribution in [1.29, 1.82) is 0 Å². The maximum absolute atomic E-state index is 12.6. The van der Waals surface area contributed by atoms with Crippen LogP contribution in [0.5, 0.6) is 0 Å². The quantitative estimate of drug-likeness (QED) is 0.828. The van der Waals surface area contributed by atoms with Crippen molar-refractivity contribution in [1.82, 2.24) is 10.2 Å². The van der Waals surface area contributed by atoms with Crippen molar-refractivity contribution in [3.63, 3.8) is 0 Å². The van der Waals surface area contributed by atoms with Crippen molar-refractivity contribution in [3.8, 4) is 0 Å². The zero-order valence-electron chi connectivity index (χ0n) is 11.9. The van der Waals surface area contributed by atoms with Gasteiger partial charge in [-0.25, -0.2) is 0 Å². The Labute approximate surface area is 114 Å². The number of carbonyl (C=O) groups excluding carboxylic acids is 2. The van der Waals surface area contributed by atoms with Crippen molar-refractivity contribution in [3.05, 3.63) is 0 Å². The second kappa shape index (κ2) is 6.37. The molecule has 108 valence electrons. The Bertz CT molecular complexity index is 340. The molecule has 0 aromatic heterocycles. The highest BCUT2D eigenvalue weighted by Crippen LogP contribution is 2.29. The normalized spacial score (nSPS) is 26.2.